The summed E-state index contributed by atoms with van der Waals surface area (Å²) in [7, 11) is 0. The molecule has 3 aliphatic heterocycles. The first-order chi connectivity index (χ1) is 12.8. The summed E-state index contributed by atoms with van der Waals surface area (Å²) in [4.78, 5) is 17.1. The summed E-state index contributed by atoms with van der Waals surface area (Å²) in [5.41, 5.74) is -1.46. The Kier molecular flexibility index (Phi) is 4.74. The van der Waals surface area contributed by atoms with E-state index < -0.39 is 17.6 Å². The second kappa shape index (κ2) is 6.81. The molecule has 0 N–H and O–H groups in total. The van der Waals surface area contributed by atoms with Crippen LogP contribution in [0.15, 0.2) is 10.7 Å². The Balaban J connectivity index is 1.58. The van der Waals surface area contributed by atoms with Crippen LogP contribution < -0.4 is 0 Å². The van der Waals surface area contributed by atoms with Crippen molar-refractivity contribution in [3.8, 4) is 0 Å². The zero-order chi connectivity index (χ0) is 19.2. The van der Waals surface area contributed by atoms with Gasteiger partial charge in [-0.2, -0.15) is 13.2 Å². The smallest absolute Gasteiger partial charge is 0.420 e. The van der Waals surface area contributed by atoms with Gasteiger partial charge < -0.3 is 19.0 Å². The molecule has 0 saturated carbocycles. The minimum atomic E-state index is -4.60. The van der Waals surface area contributed by atoms with E-state index in [-0.39, 0.29) is 29.1 Å². The molecular weight excluding hydrogens is 361 g/mol. The van der Waals surface area contributed by atoms with E-state index in [1.807, 2.05) is 0 Å². The summed E-state index contributed by atoms with van der Waals surface area (Å²) in [6, 6.07) is 0. The van der Waals surface area contributed by atoms with Crippen molar-refractivity contribution in [3.05, 3.63) is 23.2 Å². The number of amides is 1. The van der Waals surface area contributed by atoms with E-state index in [2.05, 4.69) is 4.90 Å². The van der Waals surface area contributed by atoms with Gasteiger partial charge in [0.25, 0.3) is 5.91 Å². The van der Waals surface area contributed by atoms with Crippen LogP contribution in [-0.2, 0) is 17.3 Å². The highest BCUT2D eigenvalue weighted by atomic mass is 19.4. The Morgan fingerprint density at radius 3 is 2.74 bits per heavy atom. The van der Waals surface area contributed by atoms with E-state index in [9.17, 15) is 18.0 Å². The summed E-state index contributed by atoms with van der Waals surface area (Å²) in [5.74, 6) is -0.286. The second-order valence-corrected chi connectivity index (χ2v) is 8.04. The van der Waals surface area contributed by atoms with Gasteiger partial charge in [0.15, 0.2) is 0 Å². The summed E-state index contributed by atoms with van der Waals surface area (Å²) >= 11 is 0. The molecule has 150 valence electrons. The maximum atomic E-state index is 13.4. The normalized spacial score (nSPS) is 28.9. The number of carbonyl (C=O) groups excluding carboxylic acids is 1. The van der Waals surface area contributed by atoms with Crippen molar-refractivity contribution >= 4 is 5.91 Å². The molecule has 3 aliphatic rings. The second-order valence-electron chi connectivity index (χ2n) is 8.04. The van der Waals surface area contributed by atoms with Crippen molar-refractivity contribution in [3.63, 3.8) is 0 Å². The molecule has 1 aromatic rings. The van der Waals surface area contributed by atoms with E-state index >= 15 is 0 Å². The number of likely N-dealkylation sites (tertiary alicyclic amines) is 2. The van der Waals surface area contributed by atoms with Gasteiger partial charge in [-0.05, 0) is 25.9 Å². The molecule has 1 amide bonds. The van der Waals surface area contributed by atoms with Crippen LogP contribution in [0.5, 0.6) is 0 Å². The lowest BCUT2D eigenvalue weighted by Crippen LogP contribution is -2.43. The van der Waals surface area contributed by atoms with Gasteiger partial charge in [0.2, 0.25) is 0 Å². The van der Waals surface area contributed by atoms with Gasteiger partial charge in [0.05, 0.1) is 18.8 Å². The number of aryl methyl sites for hydroxylation is 1. The largest absolute Gasteiger partial charge is 0.468 e. The standard InChI is InChI=1S/C19H25F3N2O3/c1-2-15-16(14(9-27-15)19(20,21)22)17(25)24-7-13-8-26-12-18(13,11-24)10-23-5-3-4-6-23/h9,13H,2-8,10-12H2,1H3/t13-,18+/m1/s1. The topological polar surface area (TPSA) is 45.9 Å². The molecule has 0 unspecified atom stereocenters. The predicted octanol–water partition coefficient (Wildman–Crippen LogP) is 3.05. The number of nitrogens with zero attached hydrogens (tertiary/aromatic N) is 2. The fourth-order valence-electron chi connectivity index (χ4n) is 4.86. The molecule has 1 aromatic heterocycles. The SMILES string of the molecule is CCc1occ(C(F)(F)F)c1C(=O)N1C[C@@H]2COC[C@]2(CN2CCCC2)C1. The quantitative estimate of drug-likeness (QED) is 0.798. The van der Waals surface area contributed by atoms with Crippen LogP contribution in [-0.4, -0.2) is 61.6 Å². The van der Waals surface area contributed by atoms with Crippen molar-refractivity contribution in [1.82, 2.24) is 9.80 Å². The molecule has 0 aliphatic carbocycles. The van der Waals surface area contributed by atoms with E-state index in [0.717, 1.165) is 19.6 Å². The molecule has 0 bridgehead atoms. The average Bonchev–Trinajstić information content (AvgIpc) is 3.36. The van der Waals surface area contributed by atoms with E-state index in [1.54, 1.807) is 11.8 Å². The first-order valence-electron chi connectivity index (χ1n) is 9.61. The minimum Gasteiger partial charge on any atom is -0.468 e. The van der Waals surface area contributed by atoms with Crippen LogP contribution >= 0.6 is 0 Å². The van der Waals surface area contributed by atoms with Crippen LogP contribution in [0.2, 0.25) is 0 Å². The lowest BCUT2D eigenvalue weighted by Gasteiger charge is -2.32. The van der Waals surface area contributed by atoms with Crippen LogP contribution in [0, 0.1) is 11.3 Å². The number of hydrogen-bond acceptors (Lipinski definition) is 4. The predicted molar refractivity (Wildman–Crippen MR) is 91.4 cm³/mol. The highest BCUT2D eigenvalue weighted by Crippen LogP contribution is 2.44. The average molecular weight is 386 g/mol. The van der Waals surface area contributed by atoms with Crippen LogP contribution in [0.25, 0.3) is 0 Å². The summed E-state index contributed by atoms with van der Waals surface area (Å²) in [6.45, 7) is 6.64. The number of hydrogen-bond donors (Lipinski definition) is 0. The minimum absolute atomic E-state index is 0.106. The van der Waals surface area contributed by atoms with Crippen LogP contribution in [0.1, 0.15) is 41.4 Å². The molecule has 5 nitrogen and oxygen atoms in total. The van der Waals surface area contributed by atoms with Gasteiger partial charge in [0, 0.05) is 37.4 Å². The highest BCUT2D eigenvalue weighted by molar-refractivity contribution is 5.97. The molecule has 0 radical (unpaired) electrons. The fourth-order valence-corrected chi connectivity index (χ4v) is 4.86. The molecule has 27 heavy (non-hydrogen) atoms. The number of furan rings is 1. The monoisotopic (exact) mass is 386 g/mol. The first-order valence-corrected chi connectivity index (χ1v) is 9.61. The lowest BCUT2D eigenvalue weighted by atomic mass is 9.80. The number of alkyl halides is 3. The number of ether oxygens (including phenoxy) is 1. The van der Waals surface area contributed by atoms with Crippen molar-refractivity contribution in [2.24, 2.45) is 11.3 Å². The van der Waals surface area contributed by atoms with Crippen molar-refractivity contribution < 1.29 is 27.1 Å². The highest BCUT2D eigenvalue weighted by Gasteiger charge is 2.53. The van der Waals surface area contributed by atoms with Gasteiger partial charge in [-0.15, -0.1) is 0 Å². The molecule has 4 rings (SSSR count). The van der Waals surface area contributed by atoms with Gasteiger partial charge in [-0.1, -0.05) is 6.92 Å². The Morgan fingerprint density at radius 2 is 2.07 bits per heavy atom. The molecule has 8 heteroatoms. The fraction of sp³-hybridized carbons (Fsp3) is 0.737. The summed E-state index contributed by atoms with van der Waals surface area (Å²) in [5, 5.41) is 0. The molecule has 2 atom stereocenters. The third-order valence-corrected chi connectivity index (χ3v) is 6.25. The van der Waals surface area contributed by atoms with Crippen LogP contribution in [0.4, 0.5) is 13.2 Å². The maximum Gasteiger partial charge on any atom is 0.420 e. The molecule has 0 spiro atoms. The molecule has 3 saturated heterocycles. The molecule has 3 fully saturated rings. The maximum absolute atomic E-state index is 13.4. The molecule has 0 aromatic carbocycles. The van der Waals surface area contributed by atoms with Gasteiger partial charge in [0.1, 0.15) is 17.6 Å². The van der Waals surface area contributed by atoms with Gasteiger partial charge >= 0.3 is 6.18 Å². The van der Waals surface area contributed by atoms with Crippen molar-refractivity contribution in [1.29, 1.82) is 0 Å². The van der Waals surface area contributed by atoms with Gasteiger partial charge in [-0.25, -0.2) is 0 Å². The van der Waals surface area contributed by atoms with E-state index in [1.165, 1.54) is 12.8 Å². The Morgan fingerprint density at radius 1 is 1.33 bits per heavy atom. The number of halogens is 3. The number of carbonyl (C=O) groups is 1. The van der Waals surface area contributed by atoms with Crippen LogP contribution in [0.3, 0.4) is 0 Å². The van der Waals surface area contributed by atoms with Crippen molar-refractivity contribution in [2.75, 3.05) is 45.9 Å². The Bertz CT molecular complexity index is 712. The molecule has 4 heterocycles. The number of rotatable bonds is 4. The molecular formula is C19H25F3N2O3. The zero-order valence-electron chi connectivity index (χ0n) is 15.5. The zero-order valence-corrected chi connectivity index (χ0v) is 15.5. The summed E-state index contributed by atoms with van der Waals surface area (Å²) in [6.07, 6.45) is -1.33. The third kappa shape index (κ3) is 3.27. The lowest BCUT2D eigenvalue weighted by molar-refractivity contribution is -0.138. The van der Waals surface area contributed by atoms with Gasteiger partial charge in [-0.3, -0.25) is 4.79 Å². The van der Waals surface area contributed by atoms with E-state index in [0.29, 0.717) is 32.6 Å². The van der Waals surface area contributed by atoms with E-state index in [4.69, 9.17) is 9.15 Å². The Labute approximate surface area is 156 Å². The van der Waals surface area contributed by atoms with Crippen molar-refractivity contribution in [2.45, 2.75) is 32.4 Å². The Hall–Kier alpha value is -1.54. The third-order valence-electron chi connectivity index (χ3n) is 6.25. The number of fused-ring (bicyclic) bond motifs is 1. The summed E-state index contributed by atoms with van der Waals surface area (Å²) < 4.78 is 50.9. The first kappa shape index (κ1) is 18.8.